The molecular formula is C26H43N3O3. The van der Waals surface area contributed by atoms with Gasteiger partial charge in [-0.25, -0.2) is 4.98 Å². The van der Waals surface area contributed by atoms with Crippen LogP contribution in [0.2, 0.25) is 0 Å². The molecule has 2 unspecified atom stereocenters. The topological polar surface area (TPSA) is 77.1 Å². The van der Waals surface area contributed by atoms with Crippen molar-refractivity contribution in [1.82, 2.24) is 15.0 Å². The monoisotopic (exact) mass is 445 g/mol. The lowest BCUT2D eigenvalue weighted by molar-refractivity contribution is -0.0845. The highest BCUT2D eigenvalue weighted by molar-refractivity contribution is 5.95. The molecule has 0 saturated carbocycles. The summed E-state index contributed by atoms with van der Waals surface area (Å²) >= 11 is 0. The first-order valence-electron chi connectivity index (χ1n) is 12.0. The van der Waals surface area contributed by atoms with Crippen LogP contribution in [-0.2, 0) is 14.9 Å². The second kappa shape index (κ2) is 10.9. The Morgan fingerprint density at radius 1 is 1.16 bits per heavy atom. The van der Waals surface area contributed by atoms with E-state index in [0.29, 0.717) is 30.3 Å². The molecule has 6 nitrogen and oxygen atoms in total. The lowest BCUT2D eigenvalue weighted by Gasteiger charge is -2.31. The van der Waals surface area contributed by atoms with E-state index in [9.17, 15) is 4.79 Å². The molecule has 1 N–H and O–H groups in total. The van der Waals surface area contributed by atoms with Gasteiger partial charge in [0, 0.05) is 23.4 Å². The minimum Gasteiger partial charge on any atom is -0.375 e. The van der Waals surface area contributed by atoms with Crippen molar-refractivity contribution < 1.29 is 14.3 Å². The van der Waals surface area contributed by atoms with Crippen molar-refractivity contribution in [1.29, 1.82) is 0 Å². The number of aromatic amines is 1. The van der Waals surface area contributed by atoms with E-state index < -0.39 is 0 Å². The second-order valence-corrected chi connectivity index (χ2v) is 11.1. The molecule has 0 fully saturated rings. The van der Waals surface area contributed by atoms with Gasteiger partial charge in [0.15, 0.2) is 11.4 Å². The number of hydrogen-bond acceptors (Lipinski definition) is 5. The van der Waals surface area contributed by atoms with Crippen LogP contribution in [0.4, 0.5) is 0 Å². The number of ether oxygens (including phenoxy) is 2. The summed E-state index contributed by atoms with van der Waals surface area (Å²) in [7, 11) is 0. The molecule has 0 bridgehead atoms. The van der Waals surface area contributed by atoms with Gasteiger partial charge in [-0.15, -0.1) is 0 Å². The largest absolute Gasteiger partial charge is 0.375 e. The van der Waals surface area contributed by atoms with Crippen molar-refractivity contribution in [2.75, 3.05) is 6.61 Å². The molecule has 2 aromatic rings. The van der Waals surface area contributed by atoms with Gasteiger partial charge in [0.05, 0.1) is 30.6 Å². The Hall–Kier alpha value is -1.79. The van der Waals surface area contributed by atoms with Crippen LogP contribution in [0.3, 0.4) is 0 Å². The first kappa shape index (κ1) is 26.5. The maximum atomic E-state index is 12.8. The van der Waals surface area contributed by atoms with Gasteiger partial charge in [-0.05, 0) is 59.9 Å². The number of ketones is 1. The normalized spacial score (nSPS) is 14.8. The van der Waals surface area contributed by atoms with Crippen molar-refractivity contribution in [2.45, 2.75) is 111 Å². The first-order chi connectivity index (χ1) is 14.8. The molecular weight excluding hydrogens is 402 g/mol. The molecule has 0 saturated heterocycles. The van der Waals surface area contributed by atoms with Crippen molar-refractivity contribution in [2.24, 2.45) is 5.92 Å². The molecule has 0 amide bonds. The lowest BCUT2D eigenvalue weighted by atomic mass is 9.93. The molecule has 2 heterocycles. The Balaban J connectivity index is 2.01. The third-order valence-corrected chi connectivity index (χ3v) is 5.55. The summed E-state index contributed by atoms with van der Waals surface area (Å²) in [5, 5.41) is 0. The molecule has 2 rings (SSSR count). The zero-order valence-corrected chi connectivity index (χ0v) is 21.5. The van der Waals surface area contributed by atoms with Gasteiger partial charge in [0.1, 0.15) is 11.2 Å². The third-order valence-electron chi connectivity index (χ3n) is 5.55. The number of nitrogens with one attached hydrogen (secondary N) is 1. The average Bonchev–Trinajstić information content (AvgIpc) is 3.10. The summed E-state index contributed by atoms with van der Waals surface area (Å²) in [6.45, 7) is 19.6. The van der Waals surface area contributed by atoms with Crippen LogP contribution in [0.1, 0.15) is 104 Å². The number of rotatable bonds is 11. The van der Waals surface area contributed by atoms with Gasteiger partial charge in [-0.3, -0.25) is 9.78 Å². The van der Waals surface area contributed by atoms with Crippen LogP contribution in [0.25, 0.3) is 11.2 Å². The van der Waals surface area contributed by atoms with Crippen molar-refractivity contribution in [3.8, 4) is 0 Å². The summed E-state index contributed by atoms with van der Waals surface area (Å²) < 4.78 is 12.3. The zero-order valence-electron chi connectivity index (χ0n) is 21.5. The molecule has 0 aromatic carbocycles. The highest BCUT2D eigenvalue weighted by Gasteiger charge is 2.25. The van der Waals surface area contributed by atoms with Crippen LogP contribution in [0.15, 0.2) is 12.3 Å². The fourth-order valence-electron chi connectivity index (χ4n) is 3.64. The minimum absolute atomic E-state index is 0.0218. The van der Waals surface area contributed by atoms with Gasteiger partial charge < -0.3 is 14.5 Å². The third kappa shape index (κ3) is 7.96. The smallest absolute Gasteiger partial charge is 0.182 e. The van der Waals surface area contributed by atoms with Crippen LogP contribution < -0.4 is 0 Å². The summed E-state index contributed by atoms with van der Waals surface area (Å²) in [5.41, 5.74) is 2.75. The van der Waals surface area contributed by atoms with Crippen LogP contribution >= 0.6 is 0 Å². The number of Topliss-reactive ketones (excluding diaryl/α,β-unsaturated/α-hetero) is 1. The van der Waals surface area contributed by atoms with Gasteiger partial charge in [0.25, 0.3) is 0 Å². The standard InChI is InChI=1S/C26H43N3O3/c1-10-18(16-31-26(7,8)9)22(32-17(2)3)13-11-12-21(30)20-15-27-19-14-23(25(4,5)6)29-24(19)28-20/h14-15,17-18,22H,10-13,16H2,1-9H3,(H,28,29). The number of H-pyrrole nitrogens is 1. The predicted molar refractivity (Wildman–Crippen MR) is 130 cm³/mol. The highest BCUT2D eigenvalue weighted by atomic mass is 16.5. The number of aromatic nitrogens is 3. The Kier molecular flexibility index (Phi) is 9.00. The van der Waals surface area contributed by atoms with Crippen molar-refractivity contribution >= 4 is 16.9 Å². The van der Waals surface area contributed by atoms with Crippen LogP contribution in [-0.4, -0.2) is 45.2 Å². The molecule has 180 valence electrons. The van der Waals surface area contributed by atoms with E-state index in [4.69, 9.17) is 9.47 Å². The fourth-order valence-corrected chi connectivity index (χ4v) is 3.64. The number of nitrogens with zero attached hydrogens (tertiary/aromatic N) is 2. The van der Waals surface area contributed by atoms with Crippen molar-refractivity contribution in [3.05, 3.63) is 23.7 Å². The number of hydrogen-bond donors (Lipinski definition) is 1. The SMILES string of the molecule is CCC(COC(C)(C)C)C(CCCC(=O)c1cnc2cc(C(C)(C)C)[nH]c2n1)OC(C)C. The first-order valence-corrected chi connectivity index (χ1v) is 12.0. The summed E-state index contributed by atoms with van der Waals surface area (Å²) in [4.78, 5) is 25.1. The summed E-state index contributed by atoms with van der Waals surface area (Å²) in [6.07, 6.45) is 4.79. The zero-order chi connectivity index (χ0) is 24.1. The Morgan fingerprint density at radius 2 is 1.84 bits per heavy atom. The summed E-state index contributed by atoms with van der Waals surface area (Å²) in [6, 6.07) is 2.01. The number of carbonyl (C=O) groups is 1. The average molecular weight is 446 g/mol. The van der Waals surface area contributed by atoms with E-state index in [1.54, 1.807) is 6.20 Å². The highest BCUT2D eigenvalue weighted by Crippen LogP contribution is 2.25. The maximum Gasteiger partial charge on any atom is 0.182 e. The molecule has 0 aliphatic heterocycles. The maximum absolute atomic E-state index is 12.8. The Bertz CT molecular complexity index is 875. The van der Waals surface area contributed by atoms with E-state index in [0.717, 1.165) is 30.5 Å². The quantitative estimate of drug-likeness (QED) is 0.414. The van der Waals surface area contributed by atoms with Crippen LogP contribution in [0, 0.1) is 5.92 Å². The van der Waals surface area contributed by atoms with E-state index >= 15 is 0 Å². The fraction of sp³-hybridized carbons (Fsp3) is 0.731. The van der Waals surface area contributed by atoms with E-state index in [-0.39, 0.29) is 29.0 Å². The van der Waals surface area contributed by atoms with Gasteiger partial charge in [-0.2, -0.15) is 0 Å². The lowest BCUT2D eigenvalue weighted by Crippen LogP contribution is -2.33. The molecule has 0 aliphatic carbocycles. The number of carbonyl (C=O) groups excluding carboxylic acids is 1. The molecule has 0 radical (unpaired) electrons. The minimum atomic E-state index is -0.173. The van der Waals surface area contributed by atoms with Crippen molar-refractivity contribution in [3.63, 3.8) is 0 Å². The van der Waals surface area contributed by atoms with Gasteiger partial charge >= 0.3 is 0 Å². The molecule has 2 aromatic heterocycles. The Labute approximate surface area is 193 Å². The molecule has 2 atom stereocenters. The van der Waals surface area contributed by atoms with Crippen LogP contribution in [0.5, 0.6) is 0 Å². The van der Waals surface area contributed by atoms with E-state index in [1.807, 2.05) is 6.07 Å². The van der Waals surface area contributed by atoms with E-state index in [2.05, 4.69) is 77.3 Å². The molecule has 0 spiro atoms. The second-order valence-electron chi connectivity index (χ2n) is 11.1. The molecule has 0 aliphatic rings. The predicted octanol–water partition coefficient (Wildman–Crippen LogP) is 6.24. The molecule has 6 heteroatoms. The van der Waals surface area contributed by atoms with Gasteiger partial charge in [-0.1, -0.05) is 27.7 Å². The van der Waals surface area contributed by atoms with E-state index in [1.165, 1.54) is 0 Å². The Morgan fingerprint density at radius 3 is 2.41 bits per heavy atom. The number of fused-ring (bicyclic) bond motifs is 1. The molecule has 32 heavy (non-hydrogen) atoms. The van der Waals surface area contributed by atoms with Gasteiger partial charge in [0.2, 0.25) is 0 Å². The summed E-state index contributed by atoms with van der Waals surface area (Å²) in [5.74, 6) is 0.325.